The zero-order valence-electron chi connectivity index (χ0n) is 16.9. The molecule has 3 aromatic heterocycles. The maximum atomic E-state index is 12.9. The van der Waals surface area contributed by atoms with Gasteiger partial charge in [0.25, 0.3) is 0 Å². The van der Waals surface area contributed by atoms with Crippen LogP contribution in [-0.4, -0.2) is 40.5 Å². The average Bonchev–Trinajstić information content (AvgIpc) is 2.99. The highest BCUT2D eigenvalue weighted by Crippen LogP contribution is 2.30. The highest BCUT2D eigenvalue weighted by molar-refractivity contribution is 5.84. The Labute approximate surface area is 172 Å². The van der Waals surface area contributed by atoms with E-state index in [1.54, 1.807) is 28.6 Å². The molecule has 154 valence electrons. The molecule has 0 atom stereocenters. The van der Waals surface area contributed by atoms with Crippen LogP contribution in [-0.2, 0) is 7.05 Å². The number of nitrogens with zero attached hydrogens (tertiary/aromatic N) is 6. The summed E-state index contributed by atoms with van der Waals surface area (Å²) in [6, 6.07) is 5.90. The molecule has 5 rings (SSSR count). The summed E-state index contributed by atoms with van der Waals surface area (Å²) in [5.74, 6) is 0.433. The average molecular weight is 405 g/mol. The standard InChI is InChI=1S/C21H23N7O2/c1-12-9-17-13(7-8-23-26-17)10-16(12)24-20-22-11-18-19(25-20)28(21(30)27(18)2)14-3-5-15(29)6-4-14/h7-11,14-15,29H,3-6H2,1-2H3,(H,22,24,25). The van der Waals surface area contributed by atoms with Gasteiger partial charge in [-0.2, -0.15) is 15.2 Å². The van der Waals surface area contributed by atoms with E-state index in [1.165, 1.54) is 0 Å². The Morgan fingerprint density at radius 1 is 1.20 bits per heavy atom. The number of rotatable bonds is 3. The van der Waals surface area contributed by atoms with Gasteiger partial charge < -0.3 is 10.4 Å². The van der Waals surface area contributed by atoms with Crippen molar-refractivity contribution in [2.45, 2.75) is 44.8 Å². The summed E-state index contributed by atoms with van der Waals surface area (Å²) in [6.45, 7) is 1.99. The van der Waals surface area contributed by atoms with Crippen molar-refractivity contribution in [3.8, 4) is 0 Å². The van der Waals surface area contributed by atoms with E-state index in [1.807, 2.05) is 25.1 Å². The SMILES string of the molecule is Cc1cc2nnccc2cc1Nc1ncc2c(n1)n(C1CCC(O)CC1)c(=O)n2C. The number of hydrogen-bond donors (Lipinski definition) is 2. The predicted molar refractivity (Wildman–Crippen MR) is 114 cm³/mol. The van der Waals surface area contributed by atoms with Gasteiger partial charge in [-0.05, 0) is 56.4 Å². The number of aryl methyl sites for hydroxylation is 2. The van der Waals surface area contributed by atoms with Gasteiger partial charge in [0.1, 0.15) is 5.52 Å². The normalized spacial score (nSPS) is 19.4. The molecule has 2 N–H and O–H groups in total. The van der Waals surface area contributed by atoms with Crippen LogP contribution in [0.1, 0.15) is 37.3 Å². The maximum Gasteiger partial charge on any atom is 0.330 e. The summed E-state index contributed by atoms with van der Waals surface area (Å²) in [7, 11) is 1.74. The van der Waals surface area contributed by atoms with Gasteiger partial charge in [0, 0.05) is 24.2 Å². The lowest BCUT2D eigenvalue weighted by molar-refractivity contribution is 0.110. The maximum absolute atomic E-state index is 12.9. The monoisotopic (exact) mass is 405 g/mol. The molecule has 4 aromatic rings. The Bertz CT molecular complexity index is 1300. The number of nitrogens with one attached hydrogen (secondary N) is 1. The van der Waals surface area contributed by atoms with Crippen LogP contribution in [0, 0.1) is 6.92 Å². The molecule has 0 radical (unpaired) electrons. The van der Waals surface area contributed by atoms with Crippen molar-refractivity contribution in [2.24, 2.45) is 7.05 Å². The molecule has 1 aliphatic carbocycles. The molecule has 9 nitrogen and oxygen atoms in total. The molecule has 3 heterocycles. The van der Waals surface area contributed by atoms with Gasteiger partial charge in [-0.25, -0.2) is 9.78 Å². The first-order valence-electron chi connectivity index (χ1n) is 10.1. The van der Waals surface area contributed by atoms with E-state index >= 15 is 0 Å². The van der Waals surface area contributed by atoms with Gasteiger partial charge in [0.05, 0.1) is 24.0 Å². The van der Waals surface area contributed by atoms with Crippen LogP contribution in [0.4, 0.5) is 11.6 Å². The number of imidazole rings is 1. The van der Waals surface area contributed by atoms with Crippen LogP contribution in [0.3, 0.4) is 0 Å². The molecule has 9 heteroatoms. The molecular weight excluding hydrogens is 382 g/mol. The summed E-state index contributed by atoms with van der Waals surface area (Å²) in [5, 5.41) is 22.2. The topological polar surface area (TPSA) is 111 Å². The minimum atomic E-state index is -0.278. The molecule has 0 unspecified atom stereocenters. The summed E-state index contributed by atoms with van der Waals surface area (Å²) in [4.78, 5) is 22.0. The number of hydrogen-bond acceptors (Lipinski definition) is 7. The molecule has 1 saturated carbocycles. The van der Waals surface area contributed by atoms with E-state index in [4.69, 9.17) is 4.98 Å². The van der Waals surface area contributed by atoms with Crippen LogP contribution in [0.15, 0.2) is 35.4 Å². The lowest BCUT2D eigenvalue weighted by atomic mass is 9.93. The van der Waals surface area contributed by atoms with Crippen LogP contribution < -0.4 is 11.0 Å². The van der Waals surface area contributed by atoms with Gasteiger partial charge in [-0.1, -0.05) is 0 Å². The fourth-order valence-electron chi connectivity index (χ4n) is 4.24. The number of fused-ring (bicyclic) bond motifs is 2. The van der Waals surface area contributed by atoms with E-state index in [9.17, 15) is 9.90 Å². The molecule has 30 heavy (non-hydrogen) atoms. The zero-order valence-corrected chi connectivity index (χ0v) is 16.9. The number of aliphatic hydroxyl groups is 1. The van der Waals surface area contributed by atoms with Crippen LogP contribution in [0.5, 0.6) is 0 Å². The van der Waals surface area contributed by atoms with Crippen LogP contribution >= 0.6 is 0 Å². The van der Waals surface area contributed by atoms with E-state index in [0.29, 0.717) is 30.0 Å². The van der Waals surface area contributed by atoms with Gasteiger partial charge in [0.2, 0.25) is 5.95 Å². The van der Waals surface area contributed by atoms with Crippen molar-refractivity contribution >= 4 is 33.7 Å². The Morgan fingerprint density at radius 2 is 2.00 bits per heavy atom. The van der Waals surface area contributed by atoms with Crippen molar-refractivity contribution in [1.82, 2.24) is 29.3 Å². The van der Waals surface area contributed by atoms with Crippen LogP contribution in [0.25, 0.3) is 22.1 Å². The second-order valence-electron chi connectivity index (χ2n) is 7.96. The fourth-order valence-corrected chi connectivity index (χ4v) is 4.24. The zero-order chi connectivity index (χ0) is 20.8. The van der Waals surface area contributed by atoms with Gasteiger partial charge in [0.15, 0.2) is 5.65 Å². The quantitative estimate of drug-likeness (QED) is 0.539. The fraction of sp³-hybridized carbons (Fsp3) is 0.381. The summed E-state index contributed by atoms with van der Waals surface area (Å²) in [5.41, 5.74) is 3.92. The van der Waals surface area contributed by atoms with Crippen molar-refractivity contribution in [2.75, 3.05) is 5.32 Å². The van der Waals surface area contributed by atoms with Crippen molar-refractivity contribution in [3.63, 3.8) is 0 Å². The minimum Gasteiger partial charge on any atom is -0.393 e. The lowest BCUT2D eigenvalue weighted by Gasteiger charge is -2.26. The first-order chi connectivity index (χ1) is 14.5. The molecule has 0 spiro atoms. The molecular formula is C21H23N7O2. The Balaban J connectivity index is 1.56. The molecule has 0 bridgehead atoms. The first kappa shape index (κ1) is 18.7. The Morgan fingerprint density at radius 3 is 2.80 bits per heavy atom. The third-order valence-corrected chi connectivity index (χ3v) is 5.97. The Hall–Kier alpha value is -3.33. The summed E-state index contributed by atoms with van der Waals surface area (Å²) in [6.07, 6.45) is 5.98. The number of aromatic nitrogens is 6. The Kier molecular flexibility index (Phi) is 4.47. The highest BCUT2D eigenvalue weighted by Gasteiger charge is 2.26. The van der Waals surface area contributed by atoms with Crippen molar-refractivity contribution in [1.29, 1.82) is 0 Å². The van der Waals surface area contributed by atoms with E-state index in [0.717, 1.165) is 35.0 Å². The van der Waals surface area contributed by atoms with Crippen LogP contribution in [0.2, 0.25) is 0 Å². The molecule has 1 fully saturated rings. The van der Waals surface area contributed by atoms with Gasteiger partial charge in [-0.15, -0.1) is 0 Å². The third-order valence-electron chi connectivity index (χ3n) is 5.97. The smallest absolute Gasteiger partial charge is 0.330 e. The molecule has 1 aliphatic rings. The first-order valence-corrected chi connectivity index (χ1v) is 10.1. The minimum absolute atomic E-state index is 0.0355. The van der Waals surface area contributed by atoms with Crippen molar-refractivity contribution < 1.29 is 5.11 Å². The van der Waals surface area contributed by atoms with E-state index in [-0.39, 0.29) is 17.8 Å². The molecule has 1 aromatic carbocycles. The predicted octanol–water partition coefficient (Wildman–Crippen LogP) is 2.60. The second kappa shape index (κ2) is 7.17. The van der Waals surface area contributed by atoms with E-state index < -0.39 is 0 Å². The number of benzene rings is 1. The second-order valence-corrected chi connectivity index (χ2v) is 7.96. The van der Waals surface area contributed by atoms with Crippen molar-refractivity contribution in [3.05, 3.63) is 46.6 Å². The van der Waals surface area contributed by atoms with Gasteiger partial charge >= 0.3 is 5.69 Å². The summed E-state index contributed by atoms with van der Waals surface area (Å²) >= 11 is 0. The molecule has 0 aliphatic heterocycles. The largest absolute Gasteiger partial charge is 0.393 e. The number of anilines is 2. The molecule has 0 saturated heterocycles. The highest BCUT2D eigenvalue weighted by atomic mass is 16.3. The number of aliphatic hydroxyl groups excluding tert-OH is 1. The molecule has 0 amide bonds. The summed E-state index contributed by atoms with van der Waals surface area (Å²) < 4.78 is 3.35. The lowest BCUT2D eigenvalue weighted by Crippen LogP contribution is -2.30. The third kappa shape index (κ3) is 3.11. The van der Waals surface area contributed by atoms with E-state index in [2.05, 4.69) is 20.5 Å². The van der Waals surface area contributed by atoms with Gasteiger partial charge in [-0.3, -0.25) is 9.13 Å².